The third-order valence-electron chi connectivity index (χ3n) is 14.4. The number of hydrogen-bond acceptors (Lipinski definition) is 2. The first-order valence-electron chi connectivity index (χ1n) is 23.6. The molecular formula is C64H39N5. The molecule has 4 heterocycles. The summed E-state index contributed by atoms with van der Waals surface area (Å²) < 4.78 is 7.19. The van der Waals surface area contributed by atoms with Crippen LogP contribution in [0.25, 0.3) is 138 Å². The summed E-state index contributed by atoms with van der Waals surface area (Å²) in [7, 11) is 0. The zero-order valence-corrected chi connectivity index (χ0v) is 37.3. The maximum Gasteiger partial charge on any atom is 0.235 e. The van der Waals surface area contributed by atoms with Crippen molar-refractivity contribution in [1.82, 2.24) is 23.7 Å². The van der Waals surface area contributed by atoms with Crippen LogP contribution in [0.2, 0.25) is 0 Å². The lowest BCUT2D eigenvalue weighted by Crippen LogP contribution is -2.04. The molecule has 0 aliphatic rings. The second-order valence-corrected chi connectivity index (χ2v) is 18.2. The number of fused-ring (bicyclic) bond motifs is 13. The number of para-hydroxylation sites is 3. The zero-order chi connectivity index (χ0) is 45.2. The third-order valence-corrected chi connectivity index (χ3v) is 14.4. The fraction of sp³-hybridized carbons (Fsp3) is 0. The van der Waals surface area contributed by atoms with Crippen molar-refractivity contribution in [2.24, 2.45) is 0 Å². The highest BCUT2D eigenvalue weighted by molar-refractivity contribution is 6.29. The maximum absolute atomic E-state index is 5.48. The molecule has 5 nitrogen and oxygen atoms in total. The summed E-state index contributed by atoms with van der Waals surface area (Å²) in [5, 5.41) is 14.4. The number of nitrogens with zero attached hydrogens (tertiary/aromatic N) is 5. The van der Waals surface area contributed by atoms with E-state index < -0.39 is 0 Å². The van der Waals surface area contributed by atoms with Crippen molar-refractivity contribution in [3.8, 4) is 39.8 Å². The molecule has 0 spiro atoms. The van der Waals surface area contributed by atoms with Gasteiger partial charge in [0.1, 0.15) is 0 Å². The average molecular weight is 878 g/mol. The second-order valence-electron chi connectivity index (χ2n) is 18.2. The van der Waals surface area contributed by atoms with Crippen LogP contribution in [-0.4, -0.2) is 23.7 Å². The molecule has 69 heavy (non-hydrogen) atoms. The van der Waals surface area contributed by atoms with Crippen LogP contribution in [0.5, 0.6) is 0 Å². The van der Waals surface area contributed by atoms with E-state index in [1.165, 1.54) is 64.9 Å². The minimum Gasteiger partial charge on any atom is -0.309 e. The molecule has 0 saturated heterocycles. The molecule has 0 fully saturated rings. The van der Waals surface area contributed by atoms with E-state index in [0.29, 0.717) is 5.95 Å². The Bertz CT molecular complexity index is 4530. The van der Waals surface area contributed by atoms with E-state index in [1.807, 2.05) is 0 Å². The molecule has 0 saturated carbocycles. The van der Waals surface area contributed by atoms with Crippen LogP contribution in [0.4, 0.5) is 0 Å². The monoisotopic (exact) mass is 877 g/mol. The Morgan fingerprint density at radius 3 is 1.26 bits per heavy atom. The Balaban J connectivity index is 0.999. The molecule has 0 aliphatic heterocycles. The van der Waals surface area contributed by atoms with Gasteiger partial charge in [-0.15, -0.1) is 0 Å². The lowest BCUT2D eigenvalue weighted by molar-refractivity contribution is 0.995. The molecule has 15 aromatic rings. The average Bonchev–Trinajstić information content (AvgIpc) is 4.06. The molecule has 11 aromatic carbocycles. The van der Waals surface area contributed by atoms with Gasteiger partial charge in [-0.05, 0) is 105 Å². The highest BCUT2D eigenvalue weighted by Crippen LogP contribution is 2.45. The highest BCUT2D eigenvalue weighted by Gasteiger charge is 2.24. The second kappa shape index (κ2) is 14.6. The number of benzene rings is 11. The minimum absolute atomic E-state index is 0.623. The lowest BCUT2D eigenvalue weighted by atomic mass is 10.0. The Morgan fingerprint density at radius 1 is 0.261 bits per heavy atom. The van der Waals surface area contributed by atoms with Crippen molar-refractivity contribution in [2.75, 3.05) is 0 Å². The van der Waals surface area contributed by atoms with Gasteiger partial charge >= 0.3 is 0 Å². The van der Waals surface area contributed by atoms with Gasteiger partial charge in [-0.3, -0.25) is 4.57 Å². The van der Waals surface area contributed by atoms with Crippen LogP contribution in [0.3, 0.4) is 0 Å². The molecule has 5 heteroatoms. The van der Waals surface area contributed by atoms with Gasteiger partial charge in [0.25, 0.3) is 0 Å². The lowest BCUT2D eigenvalue weighted by Gasteiger charge is -2.13. The first kappa shape index (κ1) is 37.9. The predicted octanol–water partition coefficient (Wildman–Crippen LogP) is 16.6. The van der Waals surface area contributed by atoms with Crippen molar-refractivity contribution in [3.63, 3.8) is 0 Å². The van der Waals surface area contributed by atoms with Crippen molar-refractivity contribution in [1.29, 1.82) is 0 Å². The van der Waals surface area contributed by atoms with Gasteiger partial charge in [-0.2, -0.15) is 0 Å². The molecule has 0 bridgehead atoms. The summed E-state index contributed by atoms with van der Waals surface area (Å²) in [5.41, 5.74) is 12.8. The topological polar surface area (TPSA) is 40.6 Å². The summed E-state index contributed by atoms with van der Waals surface area (Å²) in [5.74, 6) is 0.623. The van der Waals surface area contributed by atoms with Gasteiger partial charge < -0.3 is 9.13 Å². The molecule has 0 aliphatic carbocycles. The van der Waals surface area contributed by atoms with Gasteiger partial charge in [0.05, 0.1) is 50.2 Å². The molecule has 15 rings (SSSR count). The van der Waals surface area contributed by atoms with Crippen LogP contribution in [-0.2, 0) is 0 Å². The van der Waals surface area contributed by atoms with Crippen LogP contribution in [0.1, 0.15) is 0 Å². The fourth-order valence-corrected chi connectivity index (χ4v) is 11.3. The Morgan fingerprint density at radius 2 is 0.681 bits per heavy atom. The van der Waals surface area contributed by atoms with E-state index in [4.69, 9.17) is 9.97 Å². The maximum atomic E-state index is 5.48. The van der Waals surface area contributed by atoms with E-state index >= 15 is 0 Å². The Hall–Kier alpha value is -9.32. The molecule has 320 valence electrons. The van der Waals surface area contributed by atoms with Gasteiger partial charge in [-0.1, -0.05) is 164 Å². The van der Waals surface area contributed by atoms with E-state index in [1.54, 1.807) is 0 Å². The van der Waals surface area contributed by atoms with Crippen LogP contribution < -0.4 is 0 Å². The number of hydrogen-bond donors (Lipinski definition) is 0. The van der Waals surface area contributed by atoms with Crippen molar-refractivity contribution in [2.45, 2.75) is 0 Å². The van der Waals surface area contributed by atoms with Gasteiger partial charge in [0.2, 0.25) is 5.95 Å². The molecule has 0 atom stereocenters. The Kier molecular flexibility index (Phi) is 8.00. The van der Waals surface area contributed by atoms with Crippen LogP contribution in [0, 0.1) is 0 Å². The van der Waals surface area contributed by atoms with Crippen molar-refractivity contribution in [3.05, 3.63) is 237 Å². The summed E-state index contributed by atoms with van der Waals surface area (Å²) >= 11 is 0. The third kappa shape index (κ3) is 5.65. The predicted molar refractivity (Wildman–Crippen MR) is 288 cm³/mol. The van der Waals surface area contributed by atoms with Crippen LogP contribution >= 0.6 is 0 Å². The van der Waals surface area contributed by atoms with Gasteiger partial charge in [0.15, 0.2) is 0 Å². The number of rotatable bonds is 5. The number of aromatic nitrogens is 5. The first-order valence-corrected chi connectivity index (χ1v) is 23.6. The molecule has 4 aromatic heterocycles. The summed E-state index contributed by atoms with van der Waals surface area (Å²) in [6, 6.07) is 85.7. The molecule has 0 N–H and O–H groups in total. The Labute approximate surface area is 396 Å². The zero-order valence-electron chi connectivity index (χ0n) is 37.3. The molecule has 0 amide bonds. The standard InChI is InChI=1S/C64H39N5/c1-4-17-43-36-46(30-28-40(43)14-1)52-39-53(47-31-29-41-15-2-5-18-44(41)37-47)66-64(65-52)69-56-25-12-7-20-49(56)61-57(26-13-27-58(61)69)68-55-24-11-9-22-51(55)63-60(68)35-34-59-62(63)50-21-8-10-23-54(50)67(59)48-33-32-42-16-3-6-19-45(42)38-48/h1-39H. The van der Waals surface area contributed by atoms with E-state index in [2.05, 4.69) is 250 Å². The van der Waals surface area contributed by atoms with Crippen LogP contribution in [0.15, 0.2) is 237 Å². The van der Waals surface area contributed by atoms with Gasteiger partial charge in [0, 0.05) is 49.1 Å². The largest absolute Gasteiger partial charge is 0.309 e. The minimum atomic E-state index is 0.623. The van der Waals surface area contributed by atoms with E-state index in [9.17, 15) is 0 Å². The SMILES string of the molecule is c1ccc2cc(-c3cc(-c4ccc5ccccc5c4)nc(-n4c5ccccc5c5c(-n6c7ccccc7c7c8c9ccccc9n(-c9ccc%10ccccc%10c9)c8ccc76)cccc54)n3)ccc2c1. The molecule has 0 unspecified atom stereocenters. The summed E-state index contributed by atoms with van der Waals surface area (Å²) in [6.07, 6.45) is 0. The molecular weight excluding hydrogens is 839 g/mol. The molecule has 0 radical (unpaired) electrons. The smallest absolute Gasteiger partial charge is 0.235 e. The summed E-state index contributed by atoms with van der Waals surface area (Å²) in [4.78, 5) is 11.0. The normalized spacial score (nSPS) is 12.1. The first-order chi connectivity index (χ1) is 34.2. The van der Waals surface area contributed by atoms with Gasteiger partial charge in [-0.25, -0.2) is 9.97 Å². The van der Waals surface area contributed by atoms with E-state index in [0.717, 1.165) is 66.7 Å². The van der Waals surface area contributed by atoms with Crippen molar-refractivity contribution >= 4 is 97.7 Å². The fourth-order valence-electron chi connectivity index (χ4n) is 11.3. The van der Waals surface area contributed by atoms with Crippen molar-refractivity contribution < 1.29 is 0 Å². The van der Waals surface area contributed by atoms with E-state index in [-0.39, 0.29) is 0 Å². The quantitative estimate of drug-likeness (QED) is 0.173. The highest BCUT2D eigenvalue weighted by atomic mass is 15.2. The summed E-state index contributed by atoms with van der Waals surface area (Å²) in [6.45, 7) is 0.